The maximum atomic E-state index is 14.0. The second-order valence-electron chi connectivity index (χ2n) is 14.5. The highest BCUT2D eigenvalue weighted by Crippen LogP contribution is 2.44. The Bertz CT molecular complexity index is 1790. The van der Waals surface area contributed by atoms with Crippen molar-refractivity contribution >= 4 is 30.7 Å². The SMILES string of the molecule is COc1c(O)cc(C[C@@H]2NC(=O)[C@H]3C[C@@H](CO[Si](c4ccccc4)(c4ccccc4)C(C)(C)C)[C@@H]2N3C(=O)OCc2ccccc2)c(OC)c1C. The number of piperazine rings is 1. The summed E-state index contributed by atoms with van der Waals surface area (Å²) in [6.07, 6.45) is 0.181. The van der Waals surface area contributed by atoms with E-state index in [0.29, 0.717) is 42.1 Å². The number of benzene rings is 4. The largest absolute Gasteiger partial charge is 0.504 e. The zero-order chi connectivity index (χ0) is 36.3. The number of methoxy groups -OCH3 is 2. The number of carbonyl (C=O) groups is 2. The van der Waals surface area contributed by atoms with Crippen LogP contribution in [0.3, 0.4) is 0 Å². The summed E-state index contributed by atoms with van der Waals surface area (Å²) >= 11 is 0. The third-order valence-corrected chi connectivity index (χ3v) is 15.4. The number of phenolic OH excluding ortho intramolecular Hbond substituents is 1. The van der Waals surface area contributed by atoms with Gasteiger partial charge in [0, 0.05) is 23.7 Å². The van der Waals surface area contributed by atoms with Crippen LogP contribution < -0.4 is 25.2 Å². The fourth-order valence-electron chi connectivity index (χ4n) is 8.23. The van der Waals surface area contributed by atoms with Crippen LogP contribution in [0.1, 0.15) is 43.9 Å². The Labute approximate surface area is 301 Å². The Morgan fingerprint density at radius 1 is 0.902 bits per heavy atom. The lowest BCUT2D eigenvalue weighted by atomic mass is 9.90. The molecule has 0 radical (unpaired) electrons. The number of carbonyl (C=O) groups excluding carboxylic acids is 2. The number of hydrogen-bond acceptors (Lipinski definition) is 7. The van der Waals surface area contributed by atoms with Crippen LogP contribution in [0.5, 0.6) is 17.2 Å². The first-order chi connectivity index (χ1) is 24.5. The van der Waals surface area contributed by atoms with Crippen LogP contribution in [0, 0.1) is 12.8 Å². The molecule has 0 unspecified atom stereocenters. The van der Waals surface area contributed by atoms with E-state index >= 15 is 0 Å². The Morgan fingerprint density at radius 2 is 1.47 bits per heavy atom. The monoisotopic (exact) mass is 708 g/mol. The van der Waals surface area contributed by atoms with Crippen LogP contribution in [-0.4, -0.2) is 69.3 Å². The third-order valence-electron chi connectivity index (χ3n) is 10.4. The van der Waals surface area contributed by atoms with Crippen molar-refractivity contribution < 1.29 is 33.3 Å². The van der Waals surface area contributed by atoms with Gasteiger partial charge in [0.2, 0.25) is 5.91 Å². The maximum absolute atomic E-state index is 14.0. The minimum absolute atomic E-state index is 0.0251. The number of fused-ring (bicyclic) bond motifs is 2. The number of nitrogens with zero attached hydrogens (tertiary/aromatic N) is 1. The lowest BCUT2D eigenvalue weighted by molar-refractivity contribution is -0.129. The maximum Gasteiger partial charge on any atom is 0.411 e. The minimum Gasteiger partial charge on any atom is -0.504 e. The molecule has 0 spiro atoms. The van der Waals surface area contributed by atoms with Crippen LogP contribution in [0.2, 0.25) is 5.04 Å². The Hall–Kier alpha value is -4.80. The minimum atomic E-state index is -2.93. The highest BCUT2D eigenvalue weighted by Gasteiger charge is 2.57. The molecule has 9 nitrogen and oxygen atoms in total. The van der Waals surface area contributed by atoms with Crippen LogP contribution >= 0.6 is 0 Å². The number of phenols is 1. The van der Waals surface area contributed by atoms with Gasteiger partial charge in [0.1, 0.15) is 18.4 Å². The van der Waals surface area contributed by atoms with Crippen LogP contribution in [0.15, 0.2) is 97.1 Å². The molecule has 2 fully saturated rings. The van der Waals surface area contributed by atoms with Crippen molar-refractivity contribution in [2.45, 2.75) is 70.3 Å². The summed E-state index contributed by atoms with van der Waals surface area (Å²) in [6.45, 7) is 8.94. The van der Waals surface area contributed by atoms with Gasteiger partial charge in [0.05, 0.1) is 26.3 Å². The van der Waals surface area contributed by atoms with E-state index in [1.807, 2.05) is 49.4 Å². The van der Waals surface area contributed by atoms with Crippen LogP contribution in [-0.2, 0) is 27.0 Å². The topological polar surface area (TPSA) is 107 Å². The number of aromatic hydroxyl groups is 1. The van der Waals surface area contributed by atoms with Crippen molar-refractivity contribution in [3.8, 4) is 17.2 Å². The molecule has 2 heterocycles. The molecule has 10 heteroatoms. The van der Waals surface area contributed by atoms with Crippen molar-refractivity contribution in [3.63, 3.8) is 0 Å². The second kappa shape index (κ2) is 14.8. The summed E-state index contributed by atoms with van der Waals surface area (Å²) < 4.78 is 24.5. The first-order valence-electron chi connectivity index (χ1n) is 17.5. The molecule has 2 aliphatic heterocycles. The van der Waals surface area contributed by atoms with E-state index in [4.69, 9.17) is 18.6 Å². The van der Waals surface area contributed by atoms with Gasteiger partial charge in [-0.15, -0.1) is 0 Å². The summed E-state index contributed by atoms with van der Waals surface area (Å²) in [7, 11) is 0.138. The van der Waals surface area contributed by atoms with E-state index in [1.165, 1.54) is 7.11 Å². The van der Waals surface area contributed by atoms with Gasteiger partial charge in [-0.3, -0.25) is 9.69 Å². The van der Waals surface area contributed by atoms with Crippen molar-refractivity contribution in [3.05, 3.63) is 114 Å². The van der Waals surface area contributed by atoms with Gasteiger partial charge in [-0.05, 0) is 46.8 Å². The Morgan fingerprint density at radius 3 is 2.02 bits per heavy atom. The lowest BCUT2D eigenvalue weighted by Crippen LogP contribution is -2.67. The average Bonchev–Trinajstić information content (AvgIpc) is 3.45. The molecule has 2 amide bonds. The van der Waals surface area contributed by atoms with Gasteiger partial charge in [-0.2, -0.15) is 0 Å². The molecule has 2 aliphatic rings. The van der Waals surface area contributed by atoms with Crippen molar-refractivity contribution in [2.75, 3.05) is 20.8 Å². The molecule has 51 heavy (non-hydrogen) atoms. The first-order valence-corrected chi connectivity index (χ1v) is 19.4. The second-order valence-corrected chi connectivity index (χ2v) is 18.8. The van der Waals surface area contributed by atoms with Crippen molar-refractivity contribution in [2.24, 2.45) is 5.92 Å². The third kappa shape index (κ3) is 6.82. The molecular formula is C41H48N2O7Si. The molecule has 4 atom stereocenters. The molecule has 4 aromatic rings. The predicted molar refractivity (Wildman–Crippen MR) is 199 cm³/mol. The summed E-state index contributed by atoms with van der Waals surface area (Å²) in [4.78, 5) is 29.6. The molecule has 2 bridgehead atoms. The van der Waals surface area contributed by atoms with Crippen molar-refractivity contribution in [1.82, 2.24) is 10.2 Å². The van der Waals surface area contributed by atoms with Gasteiger partial charge < -0.3 is 29.1 Å². The highest BCUT2D eigenvalue weighted by atomic mass is 28.4. The van der Waals surface area contributed by atoms with Crippen molar-refractivity contribution in [1.29, 1.82) is 0 Å². The number of ether oxygens (including phenoxy) is 3. The fraction of sp³-hybridized carbons (Fsp3) is 0.366. The van der Waals surface area contributed by atoms with Gasteiger partial charge in [-0.25, -0.2) is 4.79 Å². The summed E-state index contributed by atoms with van der Waals surface area (Å²) in [5, 5.41) is 16.2. The molecule has 268 valence electrons. The molecule has 2 N–H and O–H groups in total. The molecule has 0 aliphatic carbocycles. The van der Waals surface area contributed by atoms with Crippen LogP contribution in [0.4, 0.5) is 4.79 Å². The lowest BCUT2D eigenvalue weighted by Gasteiger charge is -2.45. The summed E-state index contributed by atoms with van der Waals surface area (Å²) in [6, 6.07) is 30.3. The molecule has 6 rings (SSSR count). The number of nitrogens with one attached hydrogen (secondary N) is 1. The number of rotatable bonds is 11. The summed E-state index contributed by atoms with van der Waals surface area (Å²) in [5.41, 5.74) is 2.19. The van der Waals surface area contributed by atoms with E-state index in [-0.39, 0.29) is 29.2 Å². The standard InChI is InChI=1S/C41H48N2O7Si/c1-27-37(47-5)29(24-35(44)38(27)48-6)22-33-36-30(23-34(39(45)42-33)43(36)40(46)49-25-28-16-10-7-11-17-28)26-50-51(41(2,3)4,31-18-12-8-13-19-31)32-20-14-9-15-21-32/h7-21,24,30,33-34,36,44H,22-23,25-26H2,1-6H3,(H,42,45)/t30-,33-,34+,36-/m0/s1. The molecular weight excluding hydrogens is 661 g/mol. The smallest absolute Gasteiger partial charge is 0.411 e. The fourth-order valence-corrected chi connectivity index (χ4v) is 12.9. The van der Waals surface area contributed by atoms with E-state index in [1.54, 1.807) is 18.1 Å². The number of hydrogen-bond donors (Lipinski definition) is 2. The van der Waals surface area contributed by atoms with Gasteiger partial charge >= 0.3 is 6.09 Å². The Kier molecular flexibility index (Phi) is 10.5. The molecule has 0 aromatic heterocycles. The predicted octanol–water partition coefficient (Wildman–Crippen LogP) is 5.73. The normalized spacial score (nSPS) is 20.1. The molecule has 2 saturated heterocycles. The highest BCUT2D eigenvalue weighted by molar-refractivity contribution is 6.99. The van der Waals surface area contributed by atoms with Crippen LogP contribution in [0.25, 0.3) is 0 Å². The van der Waals surface area contributed by atoms with E-state index in [2.05, 4.69) is 74.6 Å². The van der Waals surface area contributed by atoms with Gasteiger partial charge in [0.25, 0.3) is 8.32 Å². The van der Waals surface area contributed by atoms with E-state index in [0.717, 1.165) is 15.9 Å². The average molecular weight is 709 g/mol. The first kappa shape index (κ1) is 36.0. The van der Waals surface area contributed by atoms with E-state index < -0.39 is 32.5 Å². The van der Waals surface area contributed by atoms with E-state index in [9.17, 15) is 14.7 Å². The summed E-state index contributed by atoms with van der Waals surface area (Å²) in [5.74, 6) is 0.408. The van der Waals surface area contributed by atoms with Gasteiger partial charge in [-0.1, -0.05) is 112 Å². The molecule has 0 saturated carbocycles. The zero-order valence-electron chi connectivity index (χ0n) is 30.2. The van der Waals surface area contributed by atoms with Gasteiger partial charge in [0.15, 0.2) is 11.5 Å². The molecule has 4 aromatic carbocycles. The zero-order valence-corrected chi connectivity index (χ0v) is 31.2. The Balaban J connectivity index is 1.39. The quantitative estimate of drug-likeness (QED) is 0.192. The number of amides is 2.